The molecule has 0 saturated carbocycles. The van der Waals surface area contributed by atoms with Crippen LogP contribution in [0.15, 0.2) is 12.1 Å². The number of carbonyl (C=O) groups is 1. The van der Waals surface area contributed by atoms with Crippen LogP contribution in [0.25, 0.3) is 0 Å². The van der Waals surface area contributed by atoms with Crippen molar-refractivity contribution in [1.82, 2.24) is 0 Å². The third-order valence-corrected chi connectivity index (χ3v) is 2.43. The topological polar surface area (TPSA) is 92.6 Å². The third-order valence-electron chi connectivity index (χ3n) is 2.11. The van der Waals surface area contributed by atoms with Crippen LogP contribution < -0.4 is 16.4 Å². The summed E-state index contributed by atoms with van der Waals surface area (Å²) < 4.78 is 0. The van der Waals surface area contributed by atoms with Crippen LogP contribution in [0.2, 0.25) is 5.02 Å². The van der Waals surface area contributed by atoms with Crippen LogP contribution in [0.3, 0.4) is 0 Å². The number of halogens is 1. The second-order valence-electron chi connectivity index (χ2n) is 3.66. The van der Waals surface area contributed by atoms with E-state index in [4.69, 9.17) is 23.1 Å². The molecule has 0 fully saturated rings. The van der Waals surface area contributed by atoms with E-state index < -0.39 is 6.03 Å². The maximum atomic E-state index is 11.3. The number of benzene rings is 1. The van der Waals surface area contributed by atoms with Gasteiger partial charge in [-0.3, -0.25) is 4.90 Å². The van der Waals surface area contributed by atoms with Gasteiger partial charge in [-0.15, -0.1) is 0 Å². The van der Waals surface area contributed by atoms with Crippen molar-refractivity contribution in [2.75, 3.05) is 10.6 Å². The first-order valence-electron chi connectivity index (χ1n) is 4.71. The molecular formula is C10H14ClN3O2. The van der Waals surface area contributed by atoms with Gasteiger partial charge in [-0.1, -0.05) is 11.6 Å². The molecule has 1 rings (SSSR count). The van der Waals surface area contributed by atoms with E-state index in [1.54, 1.807) is 13.8 Å². The minimum Gasteiger partial charge on any atom is -0.506 e. The summed E-state index contributed by atoms with van der Waals surface area (Å²) in [6.07, 6.45) is 0. The summed E-state index contributed by atoms with van der Waals surface area (Å²) in [5.74, 6) is -0.130. The molecule has 0 unspecified atom stereocenters. The van der Waals surface area contributed by atoms with E-state index in [-0.39, 0.29) is 28.2 Å². The maximum absolute atomic E-state index is 11.3. The minimum atomic E-state index is -0.661. The molecule has 0 radical (unpaired) electrons. The van der Waals surface area contributed by atoms with E-state index in [1.807, 2.05) is 0 Å². The van der Waals surface area contributed by atoms with Gasteiger partial charge in [-0.25, -0.2) is 4.79 Å². The lowest BCUT2D eigenvalue weighted by Gasteiger charge is -2.25. The second-order valence-corrected chi connectivity index (χ2v) is 4.07. The molecule has 1 aromatic rings. The molecule has 88 valence electrons. The smallest absolute Gasteiger partial charge is 0.319 e. The lowest BCUT2D eigenvalue weighted by atomic mass is 10.2. The lowest BCUT2D eigenvalue weighted by Crippen LogP contribution is -2.41. The Morgan fingerprint density at radius 2 is 2.06 bits per heavy atom. The molecule has 2 amide bonds. The van der Waals surface area contributed by atoms with Gasteiger partial charge < -0.3 is 16.6 Å². The van der Waals surface area contributed by atoms with Crippen molar-refractivity contribution >= 4 is 29.0 Å². The van der Waals surface area contributed by atoms with Gasteiger partial charge in [0, 0.05) is 12.1 Å². The van der Waals surface area contributed by atoms with E-state index in [1.165, 1.54) is 17.0 Å². The number of rotatable bonds is 2. The van der Waals surface area contributed by atoms with E-state index >= 15 is 0 Å². The van der Waals surface area contributed by atoms with E-state index in [0.29, 0.717) is 0 Å². The fourth-order valence-corrected chi connectivity index (χ4v) is 1.57. The van der Waals surface area contributed by atoms with E-state index in [2.05, 4.69) is 0 Å². The predicted molar refractivity (Wildman–Crippen MR) is 64.7 cm³/mol. The third kappa shape index (κ3) is 2.30. The Kier molecular flexibility index (Phi) is 3.49. The summed E-state index contributed by atoms with van der Waals surface area (Å²) in [6, 6.07) is 1.85. The van der Waals surface area contributed by atoms with Crippen molar-refractivity contribution in [3.8, 4) is 5.75 Å². The molecule has 0 spiro atoms. The zero-order chi connectivity index (χ0) is 12.5. The van der Waals surface area contributed by atoms with Crippen molar-refractivity contribution in [3.05, 3.63) is 17.2 Å². The van der Waals surface area contributed by atoms with Crippen LogP contribution in [0.4, 0.5) is 16.2 Å². The van der Waals surface area contributed by atoms with Crippen molar-refractivity contribution in [1.29, 1.82) is 0 Å². The lowest BCUT2D eigenvalue weighted by molar-refractivity contribution is 0.252. The first kappa shape index (κ1) is 12.4. The number of phenolic OH excluding ortho intramolecular Hbond substituents is 1. The Morgan fingerprint density at radius 1 is 1.50 bits per heavy atom. The number of amides is 2. The van der Waals surface area contributed by atoms with Crippen molar-refractivity contribution in [2.45, 2.75) is 19.9 Å². The number of nitrogen functional groups attached to an aromatic ring is 1. The average molecular weight is 244 g/mol. The highest BCUT2D eigenvalue weighted by atomic mass is 35.5. The largest absolute Gasteiger partial charge is 0.506 e. The Balaban J connectivity index is 3.30. The summed E-state index contributed by atoms with van der Waals surface area (Å²) in [5.41, 5.74) is 11.2. The van der Waals surface area contributed by atoms with Crippen molar-refractivity contribution in [3.63, 3.8) is 0 Å². The quantitative estimate of drug-likeness (QED) is 0.693. The molecule has 5 nitrogen and oxygen atoms in total. The van der Waals surface area contributed by atoms with Gasteiger partial charge in [0.2, 0.25) is 0 Å². The highest BCUT2D eigenvalue weighted by Gasteiger charge is 2.20. The number of primary amides is 1. The fraction of sp³-hybridized carbons (Fsp3) is 0.300. The molecule has 16 heavy (non-hydrogen) atoms. The van der Waals surface area contributed by atoms with Crippen LogP contribution in [0.5, 0.6) is 5.75 Å². The van der Waals surface area contributed by atoms with Gasteiger partial charge in [0.05, 0.1) is 16.4 Å². The molecule has 5 N–H and O–H groups in total. The Bertz CT molecular complexity index is 421. The van der Waals surface area contributed by atoms with Crippen molar-refractivity contribution in [2.24, 2.45) is 5.73 Å². The maximum Gasteiger partial charge on any atom is 0.319 e. The van der Waals surface area contributed by atoms with Crippen LogP contribution in [0.1, 0.15) is 13.8 Å². The highest BCUT2D eigenvalue weighted by Crippen LogP contribution is 2.35. The molecule has 0 atom stereocenters. The van der Waals surface area contributed by atoms with Gasteiger partial charge in [0.25, 0.3) is 0 Å². The number of aromatic hydroxyl groups is 1. The summed E-state index contributed by atoms with van der Waals surface area (Å²) in [7, 11) is 0. The van der Waals surface area contributed by atoms with Crippen LogP contribution in [-0.2, 0) is 0 Å². The average Bonchev–Trinajstić information content (AvgIpc) is 2.12. The Hall–Kier alpha value is -1.62. The zero-order valence-electron chi connectivity index (χ0n) is 9.07. The molecule has 0 aliphatic heterocycles. The molecule has 0 bridgehead atoms. The standard InChI is InChI=1S/C10H14ClN3O2/c1-5(2)14(10(13)16)8-3-6(11)7(12)4-9(8)15/h3-5,15H,12H2,1-2H3,(H2,13,16). The molecule has 0 heterocycles. The number of carbonyl (C=O) groups excluding carboxylic acids is 1. The number of phenols is 1. The summed E-state index contributed by atoms with van der Waals surface area (Å²) in [5, 5.41) is 9.96. The number of hydrogen-bond acceptors (Lipinski definition) is 3. The van der Waals surface area contributed by atoms with Gasteiger partial charge in [-0.05, 0) is 19.9 Å². The zero-order valence-corrected chi connectivity index (χ0v) is 9.82. The number of anilines is 2. The minimum absolute atomic E-state index is 0.130. The van der Waals surface area contributed by atoms with E-state index in [9.17, 15) is 9.90 Å². The molecular weight excluding hydrogens is 230 g/mol. The van der Waals surface area contributed by atoms with Crippen LogP contribution >= 0.6 is 11.6 Å². The van der Waals surface area contributed by atoms with Gasteiger partial charge in [0.15, 0.2) is 0 Å². The number of hydrogen-bond donors (Lipinski definition) is 3. The van der Waals surface area contributed by atoms with Crippen molar-refractivity contribution < 1.29 is 9.90 Å². The first-order chi connectivity index (χ1) is 7.34. The predicted octanol–water partition coefficient (Wildman–Crippen LogP) is 1.92. The fourth-order valence-electron chi connectivity index (χ4n) is 1.41. The summed E-state index contributed by atoms with van der Waals surface area (Å²) in [4.78, 5) is 12.5. The monoisotopic (exact) mass is 243 g/mol. The van der Waals surface area contributed by atoms with Gasteiger partial charge in [0.1, 0.15) is 5.75 Å². The first-order valence-corrected chi connectivity index (χ1v) is 5.09. The molecule has 0 aromatic heterocycles. The number of nitrogens with zero attached hydrogens (tertiary/aromatic N) is 1. The SMILES string of the molecule is CC(C)N(C(N)=O)c1cc(Cl)c(N)cc1O. The Labute approximate surface area is 98.6 Å². The van der Waals surface area contributed by atoms with Gasteiger partial charge in [-0.2, -0.15) is 0 Å². The van der Waals surface area contributed by atoms with E-state index in [0.717, 1.165) is 0 Å². The molecule has 6 heteroatoms. The molecule has 0 saturated heterocycles. The molecule has 1 aromatic carbocycles. The molecule has 0 aliphatic carbocycles. The number of nitrogens with two attached hydrogens (primary N) is 2. The normalized spacial score (nSPS) is 10.5. The van der Waals surface area contributed by atoms with Gasteiger partial charge >= 0.3 is 6.03 Å². The Morgan fingerprint density at radius 3 is 2.50 bits per heavy atom. The second kappa shape index (κ2) is 4.49. The summed E-state index contributed by atoms with van der Waals surface area (Å²) >= 11 is 5.82. The summed E-state index contributed by atoms with van der Waals surface area (Å²) in [6.45, 7) is 3.54. The highest BCUT2D eigenvalue weighted by molar-refractivity contribution is 6.33. The molecule has 0 aliphatic rings. The van der Waals surface area contributed by atoms with Crippen LogP contribution in [0, 0.1) is 0 Å². The van der Waals surface area contributed by atoms with Crippen LogP contribution in [-0.4, -0.2) is 17.2 Å². The number of urea groups is 1.